The van der Waals surface area contributed by atoms with E-state index in [-0.39, 0.29) is 17.0 Å². The summed E-state index contributed by atoms with van der Waals surface area (Å²) in [7, 11) is 0. The van der Waals surface area contributed by atoms with Crippen molar-refractivity contribution in [2.45, 2.75) is 6.92 Å². The number of hydrogen-bond donors (Lipinski definition) is 0. The summed E-state index contributed by atoms with van der Waals surface area (Å²) in [5.41, 5.74) is -0.0355. The summed E-state index contributed by atoms with van der Waals surface area (Å²) in [4.78, 5) is 21.3. The van der Waals surface area contributed by atoms with E-state index in [0.717, 1.165) is 0 Å². The lowest BCUT2D eigenvalue weighted by molar-refractivity contribution is -0.385. The third-order valence-electron chi connectivity index (χ3n) is 1.58. The van der Waals surface area contributed by atoms with E-state index < -0.39 is 4.92 Å². The maximum Gasteiger partial charge on any atom is 0.282 e. The largest absolute Gasteiger partial charge is 0.294 e. The van der Waals surface area contributed by atoms with E-state index >= 15 is 0 Å². The molecule has 6 heteroatoms. The van der Waals surface area contributed by atoms with Gasteiger partial charge in [0.15, 0.2) is 5.78 Å². The van der Waals surface area contributed by atoms with Gasteiger partial charge >= 0.3 is 0 Å². The molecule has 0 saturated carbocycles. The van der Waals surface area contributed by atoms with Gasteiger partial charge in [0.05, 0.1) is 4.92 Å². The van der Waals surface area contributed by atoms with Crippen LogP contribution >= 0.6 is 38.5 Å². The topological polar surface area (TPSA) is 60.2 Å². The Morgan fingerprint density at radius 2 is 2.14 bits per heavy atom. The molecule has 74 valence electrons. The zero-order valence-corrected chi connectivity index (χ0v) is 10.8. The first kappa shape index (κ1) is 11.6. The maximum absolute atomic E-state index is 11.2. The number of benzene rings is 1. The molecule has 1 rings (SSSR count). The third kappa shape index (κ3) is 2.30. The van der Waals surface area contributed by atoms with Gasteiger partial charge in [-0.2, -0.15) is 0 Å². The molecule has 1 aromatic carbocycles. The summed E-state index contributed by atoms with van der Waals surface area (Å²) in [5, 5.41) is 10.7. The number of hydrogen-bond acceptors (Lipinski definition) is 3. The maximum atomic E-state index is 11.2. The molecule has 0 saturated heterocycles. The van der Waals surface area contributed by atoms with Crippen molar-refractivity contribution in [1.29, 1.82) is 0 Å². The standard InChI is InChI=1S/C8H5BrINO3/c1-4(12)8-6(9)2-5(10)3-7(8)11(13)14/h2-3H,1H3. The minimum atomic E-state index is -0.552. The van der Waals surface area contributed by atoms with Crippen LogP contribution in [-0.2, 0) is 0 Å². The van der Waals surface area contributed by atoms with Crippen molar-refractivity contribution in [1.82, 2.24) is 0 Å². The molecule has 0 unspecified atom stereocenters. The van der Waals surface area contributed by atoms with Crippen LogP contribution in [0.3, 0.4) is 0 Å². The lowest BCUT2D eigenvalue weighted by Gasteiger charge is -2.02. The Morgan fingerprint density at radius 3 is 2.57 bits per heavy atom. The molecule has 0 spiro atoms. The predicted octanol–water partition coefficient (Wildman–Crippen LogP) is 3.16. The number of ketones is 1. The molecule has 0 aliphatic carbocycles. The Morgan fingerprint density at radius 1 is 1.57 bits per heavy atom. The summed E-state index contributed by atoms with van der Waals surface area (Å²) in [5.74, 6) is -0.319. The Kier molecular flexibility index (Phi) is 3.59. The van der Waals surface area contributed by atoms with Crippen LogP contribution in [-0.4, -0.2) is 10.7 Å². The second-order valence-electron chi connectivity index (χ2n) is 2.60. The van der Waals surface area contributed by atoms with Crippen LogP contribution in [0.2, 0.25) is 0 Å². The van der Waals surface area contributed by atoms with E-state index in [0.29, 0.717) is 8.04 Å². The number of carbonyl (C=O) groups excluding carboxylic acids is 1. The van der Waals surface area contributed by atoms with Crippen molar-refractivity contribution in [2.24, 2.45) is 0 Å². The van der Waals surface area contributed by atoms with Crippen LogP contribution in [0, 0.1) is 13.7 Å². The van der Waals surface area contributed by atoms with Gasteiger partial charge in [0.2, 0.25) is 0 Å². The molecule has 0 aromatic heterocycles. The minimum Gasteiger partial charge on any atom is -0.294 e. The van der Waals surface area contributed by atoms with Crippen molar-refractivity contribution >= 4 is 50.0 Å². The number of nitro groups is 1. The number of rotatable bonds is 2. The van der Waals surface area contributed by atoms with Gasteiger partial charge in [-0.25, -0.2) is 0 Å². The highest BCUT2D eigenvalue weighted by Gasteiger charge is 2.21. The van der Waals surface area contributed by atoms with Crippen molar-refractivity contribution in [3.63, 3.8) is 0 Å². The van der Waals surface area contributed by atoms with Gasteiger partial charge in [-0.15, -0.1) is 0 Å². The highest BCUT2D eigenvalue weighted by atomic mass is 127. The molecular weight excluding hydrogens is 365 g/mol. The molecule has 0 radical (unpaired) electrons. The lowest BCUT2D eigenvalue weighted by Crippen LogP contribution is -2.01. The average molecular weight is 370 g/mol. The molecule has 0 N–H and O–H groups in total. The van der Waals surface area contributed by atoms with Crippen LogP contribution in [0.1, 0.15) is 17.3 Å². The fourth-order valence-electron chi connectivity index (χ4n) is 1.05. The van der Waals surface area contributed by atoms with Crippen LogP contribution in [0.4, 0.5) is 5.69 Å². The Hall–Kier alpha value is -0.500. The summed E-state index contributed by atoms with van der Waals surface area (Å²) in [6.07, 6.45) is 0. The normalized spacial score (nSPS) is 9.93. The van der Waals surface area contributed by atoms with E-state index in [1.54, 1.807) is 6.07 Å². The summed E-state index contributed by atoms with van der Waals surface area (Å²) < 4.78 is 1.18. The molecule has 0 aliphatic heterocycles. The molecule has 14 heavy (non-hydrogen) atoms. The molecule has 0 fully saturated rings. The van der Waals surface area contributed by atoms with Gasteiger partial charge in [0, 0.05) is 14.1 Å². The minimum absolute atomic E-state index is 0.121. The number of nitrogens with zero attached hydrogens (tertiary/aromatic N) is 1. The summed E-state index contributed by atoms with van der Waals surface area (Å²) in [6.45, 7) is 1.31. The highest BCUT2D eigenvalue weighted by Crippen LogP contribution is 2.29. The van der Waals surface area contributed by atoms with Gasteiger partial charge < -0.3 is 0 Å². The number of carbonyl (C=O) groups is 1. The van der Waals surface area contributed by atoms with Gasteiger partial charge in [-0.05, 0) is 51.5 Å². The second-order valence-corrected chi connectivity index (χ2v) is 4.70. The zero-order valence-electron chi connectivity index (χ0n) is 7.08. The first-order valence-electron chi connectivity index (χ1n) is 3.58. The van der Waals surface area contributed by atoms with Crippen molar-refractivity contribution < 1.29 is 9.72 Å². The predicted molar refractivity (Wildman–Crippen MR) is 63.5 cm³/mol. The number of halogens is 2. The fraction of sp³-hybridized carbons (Fsp3) is 0.125. The smallest absolute Gasteiger partial charge is 0.282 e. The first-order valence-corrected chi connectivity index (χ1v) is 5.45. The molecule has 0 bridgehead atoms. The van der Waals surface area contributed by atoms with Crippen LogP contribution in [0.15, 0.2) is 16.6 Å². The zero-order chi connectivity index (χ0) is 10.9. The Bertz CT molecular complexity index is 419. The van der Waals surface area contributed by atoms with Gasteiger partial charge in [0.1, 0.15) is 5.56 Å². The SMILES string of the molecule is CC(=O)c1c(Br)cc(I)cc1[N+](=O)[O-]. The quantitative estimate of drug-likeness (QED) is 0.348. The summed E-state index contributed by atoms with van der Waals surface area (Å²) in [6, 6.07) is 3.05. The van der Waals surface area contributed by atoms with Gasteiger partial charge in [-0.1, -0.05) is 0 Å². The molecule has 1 aromatic rings. The van der Waals surface area contributed by atoms with Gasteiger partial charge in [-0.3, -0.25) is 14.9 Å². The average Bonchev–Trinajstić information content (AvgIpc) is 2.01. The second kappa shape index (κ2) is 4.35. The van der Waals surface area contributed by atoms with Crippen LogP contribution in [0.5, 0.6) is 0 Å². The van der Waals surface area contributed by atoms with E-state index in [2.05, 4.69) is 15.9 Å². The molecule has 4 nitrogen and oxygen atoms in total. The Labute approximate surface area is 102 Å². The third-order valence-corrected chi connectivity index (χ3v) is 2.83. The van der Waals surface area contributed by atoms with E-state index in [4.69, 9.17) is 0 Å². The van der Waals surface area contributed by atoms with E-state index in [1.807, 2.05) is 22.6 Å². The monoisotopic (exact) mass is 369 g/mol. The molecule has 0 heterocycles. The Balaban J connectivity index is 3.52. The number of nitro benzene ring substituents is 1. The van der Waals surface area contributed by atoms with E-state index in [9.17, 15) is 14.9 Å². The number of Topliss-reactive ketones (excluding diaryl/α,β-unsaturated/α-hetero) is 1. The van der Waals surface area contributed by atoms with Crippen LogP contribution in [0.25, 0.3) is 0 Å². The van der Waals surface area contributed by atoms with Crippen LogP contribution < -0.4 is 0 Å². The molecule has 0 amide bonds. The van der Waals surface area contributed by atoms with Crippen molar-refractivity contribution in [3.8, 4) is 0 Å². The first-order chi connectivity index (χ1) is 6.43. The fourth-order valence-corrected chi connectivity index (χ4v) is 2.82. The lowest BCUT2D eigenvalue weighted by atomic mass is 10.1. The van der Waals surface area contributed by atoms with E-state index in [1.165, 1.54) is 13.0 Å². The van der Waals surface area contributed by atoms with Gasteiger partial charge in [0.25, 0.3) is 5.69 Å². The molecule has 0 aliphatic rings. The highest BCUT2D eigenvalue weighted by molar-refractivity contribution is 14.1. The van der Waals surface area contributed by atoms with Crippen molar-refractivity contribution in [2.75, 3.05) is 0 Å². The molecular formula is C8H5BrINO3. The summed E-state index contributed by atoms with van der Waals surface area (Å²) >= 11 is 5.10. The molecule has 0 atom stereocenters. The van der Waals surface area contributed by atoms with Crippen molar-refractivity contribution in [3.05, 3.63) is 35.9 Å².